The van der Waals surface area contributed by atoms with Crippen molar-refractivity contribution in [3.63, 3.8) is 0 Å². The highest BCUT2D eigenvalue weighted by atomic mass is 32.2. The number of likely N-dealkylation sites (tertiary alicyclic amines) is 1. The predicted octanol–water partition coefficient (Wildman–Crippen LogP) is 2.95. The Labute approximate surface area is 210 Å². The number of anilines is 1. The van der Waals surface area contributed by atoms with Gasteiger partial charge in [-0.2, -0.15) is 0 Å². The number of carbonyl (C=O) groups is 1. The number of benzene rings is 2. The lowest BCUT2D eigenvalue weighted by atomic mass is 9.71. The van der Waals surface area contributed by atoms with Crippen LogP contribution in [0.15, 0.2) is 59.8 Å². The van der Waals surface area contributed by atoms with Crippen molar-refractivity contribution in [2.75, 3.05) is 17.8 Å². The SMILES string of the molecule is O=C(c1ccc(NS(=O)(=O)c2cccc3nccnc23)cc1)N1CCC(O)(C2CCC(O)CC2)CC1. The van der Waals surface area contributed by atoms with Crippen molar-refractivity contribution in [2.24, 2.45) is 5.92 Å². The van der Waals surface area contributed by atoms with Crippen LogP contribution in [-0.2, 0) is 10.0 Å². The van der Waals surface area contributed by atoms with Crippen LogP contribution in [0.5, 0.6) is 0 Å². The standard InChI is InChI=1S/C26H30N4O5S/c31-21-10-6-19(7-11-21)26(33)12-16-30(17-13-26)25(32)18-4-8-20(9-5-18)29-36(34,35)23-3-1-2-22-24(23)28-15-14-27-22/h1-5,8-9,14-15,19,21,29,31,33H,6-7,10-13,16-17H2. The Bertz CT molecular complexity index is 1340. The van der Waals surface area contributed by atoms with Gasteiger partial charge in [-0.3, -0.25) is 19.5 Å². The van der Waals surface area contributed by atoms with Crippen molar-refractivity contribution in [3.05, 3.63) is 60.4 Å². The summed E-state index contributed by atoms with van der Waals surface area (Å²) < 4.78 is 28.6. The molecule has 0 radical (unpaired) electrons. The third-order valence-corrected chi connectivity index (χ3v) is 8.92. The predicted molar refractivity (Wildman–Crippen MR) is 135 cm³/mol. The minimum absolute atomic E-state index is 0.0292. The molecule has 2 fully saturated rings. The van der Waals surface area contributed by atoms with Crippen LogP contribution in [0.2, 0.25) is 0 Å². The third kappa shape index (κ3) is 4.93. The molecule has 36 heavy (non-hydrogen) atoms. The van der Waals surface area contributed by atoms with E-state index in [0.29, 0.717) is 42.7 Å². The number of aromatic nitrogens is 2. The molecule has 2 heterocycles. The summed E-state index contributed by atoms with van der Waals surface area (Å²) >= 11 is 0. The fourth-order valence-electron chi connectivity index (χ4n) is 5.38. The fourth-order valence-corrected chi connectivity index (χ4v) is 6.60. The Hall–Kier alpha value is -3.08. The first-order valence-electron chi connectivity index (χ1n) is 12.3. The molecule has 0 bridgehead atoms. The number of sulfonamides is 1. The van der Waals surface area contributed by atoms with Crippen LogP contribution in [0.4, 0.5) is 5.69 Å². The van der Waals surface area contributed by atoms with Gasteiger partial charge in [-0.25, -0.2) is 8.42 Å². The molecule has 0 spiro atoms. The molecule has 1 aliphatic carbocycles. The van der Waals surface area contributed by atoms with E-state index in [9.17, 15) is 23.4 Å². The van der Waals surface area contributed by atoms with Crippen molar-refractivity contribution in [1.29, 1.82) is 0 Å². The maximum atomic E-state index is 13.1. The van der Waals surface area contributed by atoms with Gasteiger partial charge in [0.05, 0.1) is 17.2 Å². The summed E-state index contributed by atoms with van der Waals surface area (Å²) in [5, 5.41) is 20.9. The summed E-state index contributed by atoms with van der Waals surface area (Å²) in [7, 11) is -3.91. The van der Waals surface area contributed by atoms with Crippen LogP contribution >= 0.6 is 0 Å². The number of nitrogens with one attached hydrogen (secondary N) is 1. The molecule has 2 aromatic carbocycles. The van der Waals surface area contributed by atoms with Gasteiger partial charge in [-0.05, 0) is 80.8 Å². The van der Waals surface area contributed by atoms with E-state index in [4.69, 9.17) is 0 Å². The summed E-state index contributed by atoms with van der Waals surface area (Å²) in [6, 6.07) is 11.1. The number of fused-ring (bicyclic) bond motifs is 1. The summed E-state index contributed by atoms with van der Waals surface area (Å²) in [5.41, 5.74) is 0.773. The van der Waals surface area contributed by atoms with Gasteiger partial charge in [0, 0.05) is 36.7 Å². The number of amides is 1. The number of para-hydroxylation sites is 1. The lowest BCUT2D eigenvalue weighted by Crippen LogP contribution is -2.51. The molecule has 1 amide bonds. The minimum atomic E-state index is -3.91. The van der Waals surface area contributed by atoms with E-state index in [1.165, 1.54) is 18.5 Å². The molecule has 1 aliphatic heterocycles. The number of carbonyl (C=O) groups excluding carboxylic acids is 1. The lowest BCUT2D eigenvalue weighted by molar-refractivity contribution is -0.0813. The van der Waals surface area contributed by atoms with Crippen molar-refractivity contribution >= 4 is 32.7 Å². The molecular weight excluding hydrogens is 480 g/mol. The van der Waals surface area contributed by atoms with Crippen LogP contribution in [0, 0.1) is 5.92 Å². The molecule has 3 N–H and O–H groups in total. The molecule has 0 unspecified atom stereocenters. The Morgan fingerprint density at radius 1 is 0.972 bits per heavy atom. The first kappa shape index (κ1) is 24.6. The van der Waals surface area contributed by atoms with Crippen LogP contribution < -0.4 is 4.72 Å². The van der Waals surface area contributed by atoms with Gasteiger partial charge in [0.15, 0.2) is 0 Å². The fraction of sp³-hybridized carbons (Fsp3) is 0.423. The molecular formula is C26H30N4O5S. The normalized spacial score (nSPS) is 22.3. The first-order valence-corrected chi connectivity index (χ1v) is 13.8. The molecule has 0 atom stereocenters. The van der Waals surface area contributed by atoms with Gasteiger partial charge in [0.2, 0.25) is 0 Å². The molecule has 10 heteroatoms. The van der Waals surface area contributed by atoms with E-state index in [1.807, 2.05) is 0 Å². The van der Waals surface area contributed by atoms with Crippen LogP contribution in [0.1, 0.15) is 48.9 Å². The quantitative estimate of drug-likeness (QED) is 0.481. The maximum Gasteiger partial charge on any atom is 0.264 e. The van der Waals surface area contributed by atoms with E-state index in [0.717, 1.165) is 25.7 Å². The second kappa shape index (κ2) is 9.76. The van der Waals surface area contributed by atoms with Crippen molar-refractivity contribution in [2.45, 2.75) is 55.1 Å². The van der Waals surface area contributed by atoms with Gasteiger partial charge in [0.25, 0.3) is 15.9 Å². The average Bonchev–Trinajstić information content (AvgIpc) is 2.89. The van der Waals surface area contributed by atoms with Crippen molar-refractivity contribution < 1.29 is 23.4 Å². The highest BCUT2D eigenvalue weighted by molar-refractivity contribution is 7.93. The molecule has 1 aromatic heterocycles. The lowest BCUT2D eigenvalue weighted by Gasteiger charge is -2.45. The Morgan fingerprint density at radius 3 is 2.33 bits per heavy atom. The molecule has 1 saturated heterocycles. The van der Waals surface area contributed by atoms with Gasteiger partial charge < -0.3 is 15.1 Å². The number of rotatable bonds is 5. The van der Waals surface area contributed by atoms with E-state index in [1.54, 1.807) is 41.3 Å². The molecule has 2 aliphatic rings. The zero-order valence-corrected chi connectivity index (χ0v) is 20.7. The van der Waals surface area contributed by atoms with Gasteiger partial charge in [0.1, 0.15) is 10.4 Å². The number of hydrogen-bond donors (Lipinski definition) is 3. The molecule has 3 aromatic rings. The minimum Gasteiger partial charge on any atom is -0.393 e. The maximum absolute atomic E-state index is 13.1. The molecule has 5 rings (SSSR count). The smallest absolute Gasteiger partial charge is 0.264 e. The number of nitrogens with zero attached hydrogens (tertiary/aromatic N) is 3. The number of piperidine rings is 1. The number of aliphatic hydroxyl groups excluding tert-OH is 1. The Balaban J connectivity index is 1.23. The largest absolute Gasteiger partial charge is 0.393 e. The topological polar surface area (TPSA) is 133 Å². The highest BCUT2D eigenvalue weighted by Gasteiger charge is 2.41. The summed E-state index contributed by atoms with van der Waals surface area (Å²) in [4.78, 5) is 23.1. The zero-order chi connectivity index (χ0) is 25.3. The monoisotopic (exact) mass is 510 g/mol. The second-order valence-corrected chi connectivity index (χ2v) is 11.4. The summed E-state index contributed by atoms with van der Waals surface area (Å²) in [6.07, 6.45) is 6.80. The van der Waals surface area contributed by atoms with Crippen molar-refractivity contribution in [3.8, 4) is 0 Å². The van der Waals surface area contributed by atoms with E-state index >= 15 is 0 Å². The van der Waals surface area contributed by atoms with Crippen molar-refractivity contribution in [1.82, 2.24) is 14.9 Å². The average molecular weight is 511 g/mol. The summed E-state index contributed by atoms with van der Waals surface area (Å²) in [5.74, 6) is 0.0213. The van der Waals surface area contributed by atoms with Crippen LogP contribution in [0.25, 0.3) is 11.0 Å². The van der Waals surface area contributed by atoms with Crippen LogP contribution in [0.3, 0.4) is 0 Å². The van der Waals surface area contributed by atoms with Gasteiger partial charge in [-0.1, -0.05) is 6.07 Å². The molecule has 190 valence electrons. The molecule has 1 saturated carbocycles. The molecule has 9 nitrogen and oxygen atoms in total. The first-order chi connectivity index (χ1) is 17.2. The van der Waals surface area contributed by atoms with E-state index in [2.05, 4.69) is 14.7 Å². The summed E-state index contributed by atoms with van der Waals surface area (Å²) in [6.45, 7) is 0.926. The van der Waals surface area contributed by atoms with Gasteiger partial charge >= 0.3 is 0 Å². The zero-order valence-electron chi connectivity index (χ0n) is 19.9. The Kier molecular flexibility index (Phi) is 6.67. The van der Waals surface area contributed by atoms with Gasteiger partial charge in [-0.15, -0.1) is 0 Å². The van der Waals surface area contributed by atoms with E-state index in [-0.39, 0.29) is 28.3 Å². The van der Waals surface area contributed by atoms with Crippen LogP contribution in [-0.4, -0.2) is 64.2 Å². The number of hydrogen-bond acceptors (Lipinski definition) is 7. The van der Waals surface area contributed by atoms with E-state index < -0.39 is 15.6 Å². The Morgan fingerprint density at radius 2 is 1.64 bits per heavy atom. The highest BCUT2D eigenvalue weighted by Crippen LogP contribution is 2.39. The third-order valence-electron chi connectivity index (χ3n) is 7.51. The number of aliphatic hydroxyl groups is 2. The second-order valence-electron chi connectivity index (χ2n) is 9.76.